The zero-order valence-corrected chi connectivity index (χ0v) is 14.1. The number of fused-ring (bicyclic) bond motifs is 1. The third-order valence-corrected chi connectivity index (χ3v) is 4.23. The van der Waals surface area contributed by atoms with Crippen LogP contribution in [0.2, 0.25) is 0 Å². The van der Waals surface area contributed by atoms with Crippen LogP contribution in [0.4, 0.5) is 4.39 Å². The van der Waals surface area contributed by atoms with Crippen LogP contribution in [0.3, 0.4) is 0 Å². The number of pyridine rings is 1. The van der Waals surface area contributed by atoms with Gasteiger partial charge in [-0.2, -0.15) is 5.10 Å². The Morgan fingerprint density at radius 2 is 2.04 bits per heavy atom. The monoisotopic (exact) mass is 362 g/mol. The van der Waals surface area contributed by atoms with Crippen LogP contribution in [0, 0.1) is 5.82 Å². The third kappa shape index (κ3) is 3.35. The first kappa shape index (κ1) is 16.7. The minimum absolute atomic E-state index is 0.0541. The summed E-state index contributed by atoms with van der Waals surface area (Å²) < 4.78 is 15.0. The lowest BCUT2D eigenvalue weighted by molar-refractivity contribution is 0.104. The molecule has 0 saturated heterocycles. The third-order valence-electron chi connectivity index (χ3n) is 4.23. The van der Waals surface area contributed by atoms with Crippen LogP contribution in [0.5, 0.6) is 0 Å². The average molecular weight is 362 g/mol. The van der Waals surface area contributed by atoms with Crippen molar-refractivity contribution in [1.29, 1.82) is 0 Å². The van der Waals surface area contributed by atoms with Crippen molar-refractivity contribution in [3.05, 3.63) is 95.6 Å². The quantitative estimate of drug-likeness (QED) is 0.323. The summed E-state index contributed by atoms with van der Waals surface area (Å²) in [7, 11) is 0. The molecule has 3 heterocycles. The van der Waals surface area contributed by atoms with E-state index < -0.39 is 0 Å². The smallest absolute Gasteiger partial charge is 0.215 e. The predicted octanol–water partition coefficient (Wildman–Crippen LogP) is 3.57. The molecule has 4 aromatic rings. The first-order valence-electron chi connectivity index (χ1n) is 8.26. The Labute approximate surface area is 153 Å². The summed E-state index contributed by atoms with van der Waals surface area (Å²) in [6.45, 7) is 0. The van der Waals surface area contributed by atoms with Crippen molar-refractivity contribution in [3.8, 4) is 0 Å². The van der Waals surface area contributed by atoms with Gasteiger partial charge in [-0.25, -0.2) is 9.37 Å². The molecular weight excluding hydrogens is 347 g/mol. The van der Waals surface area contributed by atoms with E-state index in [1.54, 1.807) is 18.2 Å². The molecular formula is C20H15FN4O2. The molecule has 0 unspecified atom stereocenters. The first-order valence-corrected chi connectivity index (χ1v) is 8.26. The van der Waals surface area contributed by atoms with Gasteiger partial charge < -0.3 is 9.51 Å². The molecule has 0 amide bonds. The standard InChI is InChI=1S/C20H15FN4O2/c21-14-6-4-13(5-7-14)9-15-10-16(17-3-1-2-8-25(15)17)18(26)11-19(27)20-22-12-23-24-20/h1-8,10-12,27H,9H2,(H,22,23,24). The van der Waals surface area contributed by atoms with Gasteiger partial charge in [0.1, 0.15) is 12.1 Å². The molecule has 0 bridgehead atoms. The van der Waals surface area contributed by atoms with E-state index in [0.717, 1.165) is 22.9 Å². The number of carbonyl (C=O) groups is 1. The molecule has 0 atom stereocenters. The molecule has 0 radical (unpaired) electrons. The molecule has 0 spiro atoms. The van der Waals surface area contributed by atoms with Crippen LogP contribution in [-0.4, -0.2) is 30.5 Å². The van der Waals surface area contributed by atoms with Gasteiger partial charge in [-0.05, 0) is 35.9 Å². The largest absolute Gasteiger partial charge is 0.504 e. The van der Waals surface area contributed by atoms with Gasteiger partial charge in [-0.15, -0.1) is 0 Å². The molecule has 1 aromatic carbocycles. The summed E-state index contributed by atoms with van der Waals surface area (Å²) in [6, 6.07) is 13.6. The van der Waals surface area contributed by atoms with Crippen LogP contribution in [0.25, 0.3) is 11.3 Å². The van der Waals surface area contributed by atoms with E-state index in [0.29, 0.717) is 12.0 Å². The number of nitrogens with zero attached hydrogens (tertiary/aromatic N) is 3. The molecule has 2 N–H and O–H groups in total. The second-order valence-electron chi connectivity index (χ2n) is 6.03. The Morgan fingerprint density at radius 3 is 2.78 bits per heavy atom. The van der Waals surface area contributed by atoms with Crippen molar-refractivity contribution in [2.24, 2.45) is 0 Å². The topological polar surface area (TPSA) is 83.3 Å². The highest BCUT2D eigenvalue weighted by atomic mass is 19.1. The molecule has 27 heavy (non-hydrogen) atoms. The zero-order valence-electron chi connectivity index (χ0n) is 14.1. The van der Waals surface area contributed by atoms with Crippen LogP contribution >= 0.6 is 0 Å². The fraction of sp³-hybridized carbons (Fsp3) is 0.0500. The van der Waals surface area contributed by atoms with E-state index in [4.69, 9.17) is 0 Å². The van der Waals surface area contributed by atoms with Crippen molar-refractivity contribution in [3.63, 3.8) is 0 Å². The number of aliphatic hydroxyl groups excluding tert-OH is 1. The summed E-state index contributed by atoms with van der Waals surface area (Å²) >= 11 is 0. The Hall–Kier alpha value is -3.74. The van der Waals surface area contributed by atoms with Gasteiger partial charge in [0.05, 0.1) is 5.52 Å². The molecule has 4 rings (SSSR count). The normalized spacial score (nSPS) is 11.8. The fourth-order valence-electron chi connectivity index (χ4n) is 2.97. The average Bonchev–Trinajstić information content (AvgIpc) is 3.32. The van der Waals surface area contributed by atoms with Crippen molar-refractivity contribution in [1.82, 2.24) is 19.6 Å². The van der Waals surface area contributed by atoms with Crippen LogP contribution in [0.15, 0.2) is 67.1 Å². The number of benzene rings is 1. The van der Waals surface area contributed by atoms with Crippen LogP contribution in [0.1, 0.15) is 27.4 Å². The summed E-state index contributed by atoms with van der Waals surface area (Å²) in [6.07, 6.45) is 4.82. The van der Waals surface area contributed by atoms with Crippen molar-refractivity contribution >= 4 is 17.1 Å². The molecule has 0 aliphatic heterocycles. The lowest BCUT2D eigenvalue weighted by Gasteiger charge is -2.03. The molecule has 0 fully saturated rings. The number of allylic oxidation sites excluding steroid dienone is 1. The van der Waals surface area contributed by atoms with Crippen molar-refractivity contribution in [2.45, 2.75) is 6.42 Å². The van der Waals surface area contributed by atoms with Gasteiger partial charge in [-0.1, -0.05) is 18.2 Å². The summed E-state index contributed by atoms with van der Waals surface area (Å²) in [5.41, 5.74) is 2.98. The second kappa shape index (κ2) is 6.87. The van der Waals surface area contributed by atoms with Crippen LogP contribution < -0.4 is 0 Å². The summed E-state index contributed by atoms with van der Waals surface area (Å²) in [4.78, 5) is 16.5. The molecule has 6 nitrogen and oxygen atoms in total. The molecule has 3 aromatic heterocycles. The number of rotatable bonds is 5. The Bertz CT molecular complexity index is 1130. The van der Waals surface area contributed by atoms with E-state index >= 15 is 0 Å². The SMILES string of the molecule is O=C(C=C(O)c1nc[nH]n1)c1cc(Cc2ccc(F)cc2)n2ccccc12. The number of H-pyrrole nitrogens is 1. The number of halogens is 1. The molecule has 7 heteroatoms. The maximum absolute atomic E-state index is 13.1. The second-order valence-corrected chi connectivity index (χ2v) is 6.03. The van der Waals surface area contributed by atoms with E-state index in [-0.39, 0.29) is 23.2 Å². The molecule has 0 aliphatic carbocycles. The van der Waals surface area contributed by atoms with Gasteiger partial charge >= 0.3 is 0 Å². The zero-order chi connectivity index (χ0) is 18.8. The maximum atomic E-state index is 13.1. The van der Waals surface area contributed by atoms with E-state index in [9.17, 15) is 14.3 Å². The fourth-order valence-corrected chi connectivity index (χ4v) is 2.97. The Kier molecular flexibility index (Phi) is 4.25. The van der Waals surface area contributed by atoms with E-state index in [1.165, 1.54) is 18.5 Å². The lowest BCUT2D eigenvalue weighted by Crippen LogP contribution is -1.97. The predicted molar refractivity (Wildman–Crippen MR) is 97.9 cm³/mol. The summed E-state index contributed by atoms with van der Waals surface area (Å²) in [5, 5.41) is 16.3. The highest BCUT2D eigenvalue weighted by Crippen LogP contribution is 2.22. The van der Waals surface area contributed by atoms with Gasteiger partial charge in [0.15, 0.2) is 11.5 Å². The number of hydrogen-bond acceptors (Lipinski definition) is 4. The lowest BCUT2D eigenvalue weighted by atomic mass is 10.1. The number of carbonyl (C=O) groups excluding carboxylic acids is 1. The number of aromatic nitrogens is 4. The van der Waals surface area contributed by atoms with Crippen molar-refractivity contribution in [2.75, 3.05) is 0 Å². The van der Waals surface area contributed by atoms with Crippen LogP contribution in [-0.2, 0) is 6.42 Å². The minimum atomic E-state index is -0.355. The van der Waals surface area contributed by atoms with Gasteiger partial charge in [-0.3, -0.25) is 9.89 Å². The maximum Gasteiger partial charge on any atom is 0.215 e. The summed E-state index contributed by atoms with van der Waals surface area (Å²) in [5.74, 6) is -0.899. The number of hydrogen-bond donors (Lipinski definition) is 2. The van der Waals surface area contributed by atoms with E-state index in [2.05, 4.69) is 15.2 Å². The highest BCUT2D eigenvalue weighted by Gasteiger charge is 2.16. The number of aliphatic hydroxyl groups is 1. The van der Waals surface area contributed by atoms with Gasteiger partial charge in [0.2, 0.25) is 5.82 Å². The highest BCUT2D eigenvalue weighted by molar-refractivity contribution is 6.12. The molecule has 0 aliphatic rings. The minimum Gasteiger partial charge on any atom is -0.504 e. The first-order chi connectivity index (χ1) is 13.1. The Balaban J connectivity index is 1.72. The van der Waals surface area contributed by atoms with Gasteiger partial charge in [0, 0.05) is 30.0 Å². The molecule has 0 saturated carbocycles. The van der Waals surface area contributed by atoms with Crippen molar-refractivity contribution < 1.29 is 14.3 Å². The Morgan fingerprint density at radius 1 is 1.22 bits per heavy atom. The number of aromatic amines is 1. The van der Waals surface area contributed by atoms with E-state index in [1.807, 2.05) is 28.8 Å². The van der Waals surface area contributed by atoms with Gasteiger partial charge in [0.25, 0.3) is 0 Å². The number of nitrogens with one attached hydrogen (secondary N) is 1. The molecule has 134 valence electrons. The number of ketones is 1.